The second kappa shape index (κ2) is 7.01. The van der Waals surface area contributed by atoms with Crippen molar-refractivity contribution >= 4 is 28.9 Å². The fourth-order valence-electron chi connectivity index (χ4n) is 3.63. The van der Waals surface area contributed by atoms with Crippen LogP contribution < -0.4 is 0 Å². The first kappa shape index (κ1) is 19.2. The van der Waals surface area contributed by atoms with Crippen LogP contribution in [0.25, 0.3) is 0 Å². The van der Waals surface area contributed by atoms with Gasteiger partial charge in [-0.15, -0.1) is 0 Å². The SMILES string of the molecule is CC1(C)CC(CC(Cc2c(Cl)cccc2Cl)=NC#N)C(C)(C)N1O. The fourth-order valence-corrected chi connectivity index (χ4v) is 4.16. The molecule has 1 atom stereocenters. The molecule has 0 aliphatic carbocycles. The van der Waals surface area contributed by atoms with E-state index in [1.807, 2.05) is 33.9 Å². The molecule has 0 spiro atoms. The van der Waals surface area contributed by atoms with Crippen LogP contribution in [0.4, 0.5) is 0 Å². The van der Waals surface area contributed by atoms with Gasteiger partial charge in [0.15, 0.2) is 0 Å². The number of hydrogen-bond donors (Lipinski definition) is 1. The number of hydroxylamine groups is 2. The van der Waals surface area contributed by atoms with Crippen LogP contribution in [0.15, 0.2) is 23.2 Å². The lowest BCUT2D eigenvalue weighted by atomic mass is 9.82. The van der Waals surface area contributed by atoms with E-state index in [4.69, 9.17) is 28.5 Å². The highest BCUT2D eigenvalue weighted by atomic mass is 35.5. The van der Waals surface area contributed by atoms with Crippen molar-refractivity contribution in [1.82, 2.24) is 5.06 Å². The maximum Gasteiger partial charge on any atom is 0.205 e. The van der Waals surface area contributed by atoms with Crippen molar-refractivity contribution in [3.05, 3.63) is 33.8 Å². The van der Waals surface area contributed by atoms with Crippen LogP contribution in [0.2, 0.25) is 10.0 Å². The van der Waals surface area contributed by atoms with Crippen LogP contribution in [0, 0.1) is 17.4 Å². The average Bonchev–Trinajstić information content (AvgIpc) is 2.63. The number of halogens is 2. The predicted molar refractivity (Wildman–Crippen MR) is 97.7 cm³/mol. The van der Waals surface area contributed by atoms with Crippen molar-refractivity contribution in [2.45, 2.75) is 58.0 Å². The molecule has 0 radical (unpaired) electrons. The molecule has 1 aromatic carbocycles. The first-order valence-corrected chi connectivity index (χ1v) is 8.72. The Hall–Kier alpha value is -1.12. The Morgan fingerprint density at radius 2 is 1.92 bits per heavy atom. The van der Waals surface area contributed by atoms with Crippen molar-refractivity contribution < 1.29 is 5.21 Å². The summed E-state index contributed by atoms with van der Waals surface area (Å²) in [6, 6.07) is 5.36. The Morgan fingerprint density at radius 3 is 2.38 bits per heavy atom. The molecule has 1 fully saturated rings. The molecule has 1 aliphatic heterocycles. The first-order chi connectivity index (χ1) is 11.1. The molecule has 4 nitrogen and oxygen atoms in total. The Kier molecular flexibility index (Phi) is 5.61. The van der Waals surface area contributed by atoms with E-state index >= 15 is 0 Å². The highest BCUT2D eigenvalue weighted by Crippen LogP contribution is 2.45. The van der Waals surface area contributed by atoms with E-state index in [-0.39, 0.29) is 11.5 Å². The Morgan fingerprint density at radius 1 is 1.33 bits per heavy atom. The third-order valence-electron chi connectivity index (χ3n) is 5.00. The monoisotopic (exact) mass is 367 g/mol. The van der Waals surface area contributed by atoms with Crippen LogP contribution in [-0.2, 0) is 6.42 Å². The third-order valence-corrected chi connectivity index (χ3v) is 5.71. The summed E-state index contributed by atoms with van der Waals surface area (Å²) in [5.41, 5.74) is 0.806. The van der Waals surface area contributed by atoms with Gasteiger partial charge in [-0.3, -0.25) is 0 Å². The molecular formula is C18H23Cl2N3O. The van der Waals surface area contributed by atoms with Gasteiger partial charge < -0.3 is 5.21 Å². The number of benzene rings is 1. The predicted octanol–water partition coefficient (Wildman–Crippen LogP) is 5.12. The van der Waals surface area contributed by atoms with Gasteiger partial charge in [0, 0.05) is 33.3 Å². The van der Waals surface area contributed by atoms with Crippen LogP contribution in [0.5, 0.6) is 0 Å². The van der Waals surface area contributed by atoms with Gasteiger partial charge in [0.05, 0.1) is 0 Å². The number of nitrogens with zero attached hydrogens (tertiary/aromatic N) is 3. The lowest BCUT2D eigenvalue weighted by Gasteiger charge is -2.36. The topological polar surface area (TPSA) is 59.6 Å². The van der Waals surface area contributed by atoms with Crippen molar-refractivity contribution in [3.8, 4) is 6.19 Å². The molecule has 6 heteroatoms. The summed E-state index contributed by atoms with van der Waals surface area (Å²) in [7, 11) is 0. The average molecular weight is 368 g/mol. The number of rotatable bonds is 4. The second-order valence-corrected chi connectivity index (χ2v) is 8.35. The van der Waals surface area contributed by atoms with Gasteiger partial charge >= 0.3 is 0 Å². The van der Waals surface area contributed by atoms with Crippen molar-refractivity contribution in [2.75, 3.05) is 0 Å². The van der Waals surface area contributed by atoms with E-state index in [1.54, 1.807) is 18.2 Å². The van der Waals surface area contributed by atoms with Gasteiger partial charge in [-0.05, 0) is 64.2 Å². The summed E-state index contributed by atoms with van der Waals surface area (Å²) in [5.74, 6) is 0.172. The smallest absolute Gasteiger partial charge is 0.205 e. The minimum Gasteiger partial charge on any atom is -0.313 e. The van der Waals surface area contributed by atoms with Crippen molar-refractivity contribution in [3.63, 3.8) is 0 Å². The Bertz CT molecular complexity index is 672. The normalized spacial score (nSPS) is 23.2. The zero-order valence-electron chi connectivity index (χ0n) is 14.5. The van der Waals surface area contributed by atoms with Gasteiger partial charge in [0.1, 0.15) is 0 Å². The highest BCUT2D eigenvalue weighted by molar-refractivity contribution is 6.36. The molecule has 1 unspecified atom stereocenters. The van der Waals surface area contributed by atoms with E-state index in [9.17, 15) is 5.21 Å². The second-order valence-electron chi connectivity index (χ2n) is 7.54. The molecule has 0 saturated carbocycles. The van der Waals surface area contributed by atoms with Gasteiger partial charge in [0.2, 0.25) is 6.19 Å². The van der Waals surface area contributed by atoms with E-state index < -0.39 is 5.54 Å². The lowest BCUT2D eigenvalue weighted by Crippen LogP contribution is -2.47. The molecule has 1 aliphatic rings. The maximum atomic E-state index is 10.5. The van der Waals surface area contributed by atoms with Gasteiger partial charge in [-0.25, -0.2) is 0 Å². The lowest BCUT2D eigenvalue weighted by molar-refractivity contribution is -0.196. The summed E-state index contributed by atoms with van der Waals surface area (Å²) in [6.07, 6.45) is 3.75. The van der Waals surface area contributed by atoms with Crippen LogP contribution in [0.1, 0.15) is 46.1 Å². The van der Waals surface area contributed by atoms with Crippen LogP contribution in [0.3, 0.4) is 0 Å². The minimum absolute atomic E-state index is 0.172. The maximum absolute atomic E-state index is 10.5. The molecule has 24 heavy (non-hydrogen) atoms. The zero-order valence-corrected chi connectivity index (χ0v) is 16.0. The number of nitriles is 1. The molecule has 2 rings (SSSR count). The highest BCUT2D eigenvalue weighted by Gasteiger charge is 2.51. The summed E-state index contributed by atoms with van der Waals surface area (Å²) in [4.78, 5) is 4.01. The van der Waals surface area contributed by atoms with E-state index in [0.717, 1.165) is 17.7 Å². The van der Waals surface area contributed by atoms with Gasteiger partial charge in [0.25, 0.3) is 0 Å². The van der Waals surface area contributed by atoms with Crippen LogP contribution >= 0.6 is 23.2 Å². The fraction of sp³-hybridized carbons (Fsp3) is 0.556. The summed E-state index contributed by atoms with van der Waals surface area (Å²) in [5, 5.41) is 22.1. The molecule has 0 bridgehead atoms. The molecule has 1 N–H and O–H groups in total. The number of hydrogen-bond acceptors (Lipinski definition) is 4. The Labute approximate surface area is 153 Å². The summed E-state index contributed by atoms with van der Waals surface area (Å²) in [6.45, 7) is 8.05. The van der Waals surface area contributed by atoms with Crippen molar-refractivity contribution in [1.29, 1.82) is 5.26 Å². The van der Waals surface area contributed by atoms with Crippen molar-refractivity contribution in [2.24, 2.45) is 10.9 Å². The molecule has 0 aromatic heterocycles. The Balaban J connectivity index is 2.25. The minimum atomic E-state index is -0.399. The quantitative estimate of drug-likeness (QED) is 0.593. The van der Waals surface area contributed by atoms with E-state index in [0.29, 0.717) is 22.9 Å². The summed E-state index contributed by atoms with van der Waals surface area (Å²) < 4.78 is 0. The molecule has 1 heterocycles. The zero-order chi connectivity index (χ0) is 18.1. The molecule has 0 amide bonds. The largest absolute Gasteiger partial charge is 0.313 e. The summed E-state index contributed by atoms with van der Waals surface area (Å²) >= 11 is 12.5. The van der Waals surface area contributed by atoms with Gasteiger partial charge in [-0.2, -0.15) is 15.3 Å². The molecule has 1 aromatic rings. The van der Waals surface area contributed by atoms with Gasteiger partial charge in [-0.1, -0.05) is 29.3 Å². The van der Waals surface area contributed by atoms with E-state index in [1.165, 1.54) is 5.06 Å². The molecule has 130 valence electrons. The molecule has 1 saturated heterocycles. The number of aliphatic imine (C=N–C) groups is 1. The van der Waals surface area contributed by atoms with E-state index in [2.05, 4.69) is 4.99 Å². The third kappa shape index (κ3) is 3.75. The first-order valence-electron chi connectivity index (χ1n) is 7.96. The molecular weight excluding hydrogens is 345 g/mol. The standard InChI is InChI=1S/C18H23Cl2N3O/c1-17(2)10-12(18(3,4)23(17)24)8-13(22-11-21)9-14-15(19)6-5-7-16(14)20/h5-7,12,24H,8-10H2,1-4H3. The van der Waals surface area contributed by atoms with Crippen LogP contribution in [-0.4, -0.2) is 27.1 Å².